The molecule has 2 amide bonds. The summed E-state index contributed by atoms with van der Waals surface area (Å²) in [6.45, 7) is 3.50. The number of hydrogen-bond donors (Lipinski definition) is 3. The molecule has 0 aliphatic carbocycles. The summed E-state index contributed by atoms with van der Waals surface area (Å²) in [5.74, 6) is -0.0111. The molecule has 0 fully saturated rings. The van der Waals surface area contributed by atoms with Crippen LogP contribution in [-0.4, -0.2) is 29.4 Å². The highest BCUT2D eigenvalue weighted by molar-refractivity contribution is 6.31. The molecule has 0 spiro atoms. The molecule has 3 aromatic carbocycles. The average molecular weight is 492 g/mol. The second-order valence-corrected chi connectivity index (χ2v) is 8.15. The summed E-state index contributed by atoms with van der Waals surface area (Å²) in [4.78, 5) is 25.8. The summed E-state index contributed by atoms with van der Waals surface area (Å²) >= 11 is 6.16. The van der Waals surface area contributed by atoms with Gasteiger partial charge in [0.25, 0.3) is 11.8 Å². The van der Waals surface area contributed by atoms with Gasteiger partial charge in [0.05, 0.1) is 5.71 Å². The first-order valence-electron chi connectivity index (χ1n) is 10.6. The predicted molar refractivity (Wildman–Crippen MR) is 133 cm³/mol. The Morgan fingerprint density at radius 2 is 1.80 bits per heavy atom. The van der Waals surface area contributed by atoms with Crippen LogP contribution in [0.25, 0.3) is 6.08 Å². The van der Waals surface area contributed by atoms with E-state index in [-0.39, 0.29) is 18.2 Å². The number of fused-ring (bicyclic) bond motifs is 1. The first-order valence-corrected chi connectivity index (χ1v) is 11.0. The van der Waals surface area contributed by atoms with Crippen LogP contribution in [0.3, 0.4) is 0 Å². The number of hydrogen-bond acceptors (Lipinski definition) is 6. The molecule has 1 heterocycles. The summed E-state index contributed by atoms with van der Waals surface area (Å²) in [5, 5.41) is 17.4. The number of hydrazone groups is 1. The molecule has 8 nitrogen and oxygen atoms in total. The van der Waals surface area contributed by atoms with Gasteiger partial charge in [0.2, 0.25) is 6.79 Å². The third-order valence-corrected chi connectivity index (χ3v) is 5.64. The van der Waals surface area contributed by atoms with Crippen LogP contribution in [-0.2, 0) is 4.79 Å². The molecule has 35 heavy (non-hydrogen) atoms. The Bertz CT molecular complexity index is 1350. The van der Waals surface area contributed by atoms with Crippen molar-refractivity contribution >= 4 is 35.2 Å². The Labute approximate surface area is 206 Å². The Kier molecular flexibility index (Phi) is 7.03. The van der Waals surface area contributed by atoms with Gasteiger partial charge in [0.1, 0.15) is 11.4 Å². The second kappa shape index (κ2) is 10.3. The standard InChI is InChI=1S/C26H22ClN3O5/c1-15-10-22(31)19(13-20(15)27)16(2)29-30-26(33)21(28-25(32)18-6-4-3-5-7-18)11-17-8-9-23-24(12-17)35-14-34-23/h3-13,31H,14H2,1-2H3,(H,28,32)(H,30,33)/b21-11-,29-16-. The highest BCUT2D eigenvalue weighted by atomic mass is 35.5. The summed E-state index contributed by atoms with van der Waals surface area (Å²) < 4.78 is 10.7. The summed E-state index contributed by atoms with van der Waals surface area (Å²) in [6.07, 6.45) is 1.50. The van der Waals surface area contributed by atoms with Crippen LogP contribution in [0.15, 0.2) is 71.5 Å². The molecule has 178 valence electrons. The quantitative estimate of drug-likeness (QED) is 0.269. The van der Waals surface area contributed by atoms with Crippen LogP contribution in [0.1, 0.15) is 34.0 Å². The summed E-state index contributed by atoms with van der Waals surface area (Å²) in [7, 11) is 0. The maximum absolute atomic E-state index is 13.0. The van der Waals surface area contributed by atoms with Crippen molar-refractivity contribution in [3.05, 3.63) is 93.6 Å². The number of aryl methyl sites for hydroxylation is 1. The van der Waals surface area contributed by atoms with E-state index in [1.165, 1.54) is 12.1 Å². The smallest absolute Gasteiger partial charge is 0.287 e. The van der Waals surface area contributed by atoms with Crippen molar-refractivity contribution in [2.45, 2.75) is 13.8 Å². The minimum Gasteiger partial charge on any atom is -0.507 e. The minimum absolute atomic E-state index is 0.0177. The number of amides is 2. The monoisotopic (exact) mass is 491 g/mol. The van der Waals surface area contributed by atoms with Crippen molar-refractivity contribution in [3.63, 3.8) is 0 Å². The Morgan fingerprint density at radius 1 is 1.06 bits per heavy atom. The van der Waals surface area contributed by atoms with Gasteiger partial charge in [0.15, 0.2) is 11.5 Å². The lowest BCUT2D eigenvalue weighted by atomic mass is 10.1. The van der Waals surface area contributed by atoms with Crippen LogP contribution in [0.4, 0.5) is 0 Å². The van der Waals surface area contributed by atoms with Gasteiger partial charge < -0.3 is 19.9 Å². The van der Waals surface area contributed by atoms with Crippen LogP contribution >= 0.6 is 11.6 Å². The molecule has 0 saturated heterocycles. The first-order chi connectivity index (χ1) is 16.8. The van der Waals surface area contributed by atoms with Gasteiger partial charge in [-0.15, -0.1) is 0 Å². The number of rotatable bonds is 6. The van der Waals surface area contributed by atoms with Gasteiger partial charge in [-0.1, -0.05) is 35.9 Å². The number of ether oxygens (including phenoxy) is 2. The number of nitrogens with zero attached hydrogens (tertiary/aromatic N) is 1. The fourth-order valence-corrected chi connectivity index (χ4v) is 3.49. The SMILES string of the molecule is C/C(=N/NC(=O)/C(=C/c1ccc2c(c1)OCO2)NC(=O)c1ccccc1)c1cc(Cl)c(C)cc1O. The van der Waals surface area contributed by atoms with Crippen molar-refractivity contribution in [2.75, 3.05) is 6.79 Å². The Balaban J connectivity index is 1.61. The Morgan fingerprint density at radius 3 is 2.57 bits per heavy atom. The lowest BCUT2D eigenvalue weighted by molar-refractivity contribution is -0.117. The molecular formula is C26H22ClN3O5. The Hall–Kier alpha value is -4.30. The van der Waals surface area contributed by atoms with Gasteiger partial charge in [-0.25, -0.2) is 5.43 Å². The van der Waals surface area contributed by atoms with Gasteiger partial charge in [-0.2, -0.15) is 5.10 Å². The van der Waals surface area contributed by atoms with E-state index in [9.17, 15) is 14.7 Å². The van der Waals surface area contributed by atoms with Crippen LogP contribution in [0.2, 0.25) is 5.02 Å². The molecule has 9 heteroatoms. The van der Waals surface area contributed by atoms with E-state index in [2.05, 4.69) is 15.8 Å². The maximum atomic E-state index is 13.0. The van der Waals surface area contributed by atoms with E-state index in [1.54, 1.807) is 68.4 Å². The van der Waals surface area contributed by atoms with Crippen LogP contribution in [0.5, 0.6) is 17.2 Å². The largest absolute Gasteiger partial charge is 0.507 e. The molecule has 0 atom stereocenters. The zero-order valence-electron chi connectivity index (χ0n) is 19.0. The van der Waals surface area contributed by atoms with E-state index in [1.807, 2.05) is 0 Å². The molecule has 3 aromatic rings. The molecule has 0 unspecified atom stereocenters. The van der Waals surface area contributed by atoms with E-state index in [4.69, 9.17) is 21.1 Å². The van der Waals surface area contributed by atoms with Crippen molar-refractivity contribution in [1.29, 1.82) is 0 Å². The number of aromatic hydroxyl groups is 1. The van der Waals surface area contributed by atoms with Crippen molar-refractivity contribution in [3.8, 4) is 17.2 Å². The van der Waals surface area contributed by atoms with Gasteiger partial charge in [0, 0.05) is 16.1 Å². The molecule has 3 N–H and O–H groups in total. The number of carbonyl (C=O) groups excluding carboxylic acids is 2. The fourth-order valence-electron chi connectivity index (χ4n) is 3.32. The van der Waals surface area contributed by atoms with E-state index < -0.39 is 11.8 Å². The lowest BCUT2D eigenvalue weighted by Gasteiger charge is -2.11. The van der Waals surface area contributed by atoms with Crippen molar-refractivity contribution in [2.24, 2.45) is 5.10 Å². The zero-order chi connectivity index (χ0) is 24.9. The fraction of sp³-hybridized carbons (Fsp3) is 0.115. The topological polar surface area (TPSA) is 109 Å². The normalized spacial score (nSPS) is 12.9. The molecule has 4 rings (SSSR count). The van der Waals surface area contributed by atoms with Crippen LogP contribution < -0.4 is 20.2 Å². The number of benzene rings is 3. The van der Waals surface area contributed by atoms with Gasteiger partial charge in [-0.3, -0.25) is 9.59 Å². The summed E-state index contributed by atoms with van der Waals surface area (Å²) in [5.41, 5.74) is 4.79. The highest BCUT2D eigenvalue weighted by Gasteiger charge is 2.17. The van der Waals surface area contributed by atoms with Crippen molar-refractivity contribution in [1.82, 2.24) is 10.7 Å². The third-order valence-electron chi connectivity index (χ3n) is 5.23. The van der Waals surface area contributed by atoms with E-state index in [0.717, 1.165) is 0 Å². The first kappa shape index (κ1) is 23.8. The number of phenols is 1. The summed E-state index contributed by atoms with van der Waals surface area (Å²) in [6, 6.07) is 16.7. The number of carbonyl (C=O) groups is 2. The highest BCUT2D eigenvalue weighted by Crippen LogP contribution is 2.33. The molecular weight excluding hydrogens is 470 g/mol. The maximum Gasteiger partial charge on any atom is 0.287 e. The lowest BCUT2D eigenvalue weighted by Crippen LogP contribution is -2.33. The molecule has 1 aliphatic heterocycles. The minimum atomic E-state index is -0.663. The average Bonchev–Trinajstić information content (AvgIpc) is 3.32. The van der Waals surface area contributed by atoms with E-state index >= 15 is 0 Å². The molecule has 0 saturated carbocycles. The molecule has 1 aliphatic rings. The van der Waals surface area contributed by atoms with Gasteiger partial charge in [-0.05, 0) is 67.4 Å². The van der Waals surface area contributed by atoms with Crippen molar-refractivity contribution < 1.29 is 24.2 Å². The molecule has 0 radical (unpaired) electrons. The second-order valence-electron chi connectivity index (χ2n) is 7.75. The third kappa shape index (κ3) is 5.62. The molecule has 0 aromatic heterocycles. The number of phenolic OH excluding ortho intramolecular Hbond substituents is 1. The number of halogens is 1. The van der Waals surface area contributed by atoms with Gasteiger partial charge >= 0.3 is 0 Å². The predicted octanol–water partition coefficient (Wildman–Crippen LogP) is 4.39. The van der Waals surface area contributed by atoms with E-state index in [0.29, 0.717) is 44.5 Å². The zero-order valence-corrected chi connectivity index (χ0v) is 19.7. The number of nitrogens with one attached hydrogen (secondary N) is 2. The molecule has 0 bridgehead atoms. The van der Waals surface area contributed by atoms with Crippen LogP contribution in [0, 0.1) is 6.92 Å².